The van der Waals surface area contributed by atoms with Crippen LogP contribution in [0.15, 0.2) is 18.2 Å². The summed E-state index contributed by atoms with van der Waals surface area (Å²) in [4.78, 5) is 0. The smallest absolute Gasteiger partial charge is 0.121 e. The van der Waals surface area contributed by atoms with Crippen molar-refractivity contribution in [2.75, 3.05) is 6.54 Å². The van der Waals surface area contributed by atoms with Crippen molar-refractivity contribution in [1.82, 2.24) is 0 Å². The third kappa shape index (κ3) is 2.09. The van der Waals surface area contributed by atoms with Gasteiger partial charge in [-0.3, -0.25) is 0 Å². The highest BCUT2D eigenvalue weighted by Gasteiger charge is 2.08. The molecule has 66 valence electrons. The van der Waals surface area contributed by atoms with Crippen molar-refractivity contribution in [2.24, 2.45) is 11.5 Å². The van der Waals surface area contributed by atoms with E-state index in [0.29, 0.717) is 12.1 Å². The lowest BCUT2D eigenvalue weighted by atomic mass is 10.1. The van der Waals surface area contributed by atoms with E-state index in [2.05, 4.69) is 22.6 Å². The van der Waals surface area contributed by atoms with Gasteiger partial charge in [-0.05, 0) is 34.7 Å². The van der Waals surface area contributed by atoms with E-state index < -0.39 is 0 Å². The topological polar surface area (TPSA) is 72.3 Å². The van der Waals surface area contributed by atoms with E-state index in [4.69, 9.17) is 11.5 Å². The molecule has 0 unspecified atom stereocenters. The normalized spacial score (nSPS) is 12.9. The summed E-state index contributed by atoms with van der Waals surface area (Å²) in [5, 5.41) is 9.45. The van der Waals surface area contributed by atoms with E-state index in [1.54, 1.807) is 12.1 Å². The van der Waals surface area contributed by atoms with Crippen LogP contribution in [-0.4, -0.2) is 11.7 Å². The molecule has 0 aliphatic heterocycles. The quantitative estimate of drug-likeness (QED) is 0.705. The van der Waals surface area contributed by atoms with E-state index in [-0.39, 0.29) is 11.8 Å². The predicted molar refractivity (Wildman–Crippen MR) is 56.8 cm³/mol. The third-order valence-electron chi connectivity index (χ3n) is 1.65. The van der Waals surface area contributed by atoms with Crippen LogP contribution < -0.4 is 11.5 Å². The zero-order valence-corrected chi connectivity index (χ0v) is 8.65. The summed E-state index contributed by atoms with van der Waals surface area (Å²) in [6, 6.07) is 5.09. The van der Waals surface area contributed by atoms with Crippen LogP contribution in [0.4, 0.5) is 0 Å². The van der Waals surface area contributed by atoms with E-state index in [9.17, 15) is 5.11 Å². The van der Waals surface area contributed by atoms with Gasteiger partial charge in [-0.25, -0.2) is 0 Å². The molecule has 0 radical (unpaired) electrons. The Morgan fingerprint density at radius 3 is 2.67 bits per heavy atom. The average Bonchev–Trinajstić information content (AvgIpc) is 2.03. The number of rotatable bonds is 2. The Balaban J connectivity index is 3.01. The molecule has 3 nitrogen and oxygen atoms in total. The first-order chi connectivity index (χ1) is 5.65. The number of phenolic OH excluding ortho intramolecular Hbond substituents is 1. The van der Waals surface area contributed by atoms with Gasteiger partial charge in [0.05, 0.1) is 0 Å². The second-order valence-electron chi connectivity index (χ2n) is 2.55. The lowest BCUT2D eigenvalue weighted by molar-refractivity contribution is 0.461. The van der Waals surface area contributed by atoms with Gasteiger partial charge in [0.15, 0.2) is 0 Å². The molecule has 0 fully saturated rings. The summed E-state index contributed by atoms with van der Waals surface area (Å²) >= 11 is 2.13. The second kappa shape index (κ2) is 4.06. The molecule has 5 N–H and O–H groups in total. The molecular formula is C8H11IN2O. The number of aromatic hydroxyl groups is 1. The van der Waals surface area contributed by atoms with Crippen molar-refractivity contribution in [3.05, 3.63) is 27.3 Å². The van der Waals surface area contributed by atoms with Gasteiger partial charge in [0, 0.05) is 21.7 Å². The minimum atomic E-state index is -0.276. The number of hydrogen-bond donors (Lipinski definition) is 3. The second-order valence-corrected chi connectivity index (χ2v) is 3.79. The van der Waals surface area contributed by atoms with E-state index in [1.165, 1.54) is 0 Å². The first-order valence-electron chi connectivity index (χ1n) is 3.59. The molecular weight excluding hydrogens is 267 g/mol. The SMILES string of the molecule is NC[C@H](N)c1ccc(I)cc1O. The Labute approximate surface area is 84.9 Å². The Morgan fingerprint density at radius 2 is 2.17 bits per heavy atom. The zero-order valence-electron chi connectivity index (χ0n) is 6.50. The molecule has 0 aliphatic rings. The Morgan fingerprint density at radius 1 is 1.50 bits per heavy atom. The molecule has 0 amide bonds. The molecule has 0 heterocycles. The van der Waals surface area contributed by atoms with Crippen LogP contribution in [0.1, 0.15) is 11.6 Å². The van der Waals surface area contributed by atoms with Crippen molar-refractivity contribution in [3.63, 3.8) is 0 Å². The summed E-state index contributed by atoms with van der Waals surface area (Å²) in [5.74, 6) is 0.222. The van der Waals surface area contributed by atoms with Crippen molar-refractivity contribution in [2.45, 2.75) is 6.04 Å². The fourth-order valence-corrected chi connectivity index (χ4v) is 1.43. The number of benzene rings is 1. The van der Waals surface area contributed by atoms with Crippen LogP contribution in [-0.2, 0) is 0 Å². The first-order valence-corrected chi connectivity index (χ1v) is 4.67. The molecule has 1 aromatic rings. The highest BCUT2D eigenvalue weighted by molar-refractivity contribution is 14.1. The van der Waals surface area contributed by atoms with Gasteiger partial charge in [0.25, 0.3) is 0 Å². The predicted octanol–water partition coefficient (Wildman–Crippen LogP) is 0.955. The van der Waals surface area contributed by atoms with Crippen molar-refractivity contribution in [3.8, 4) is 5.75 Å². The third-order valence-corrected chi connectivity index (χ3v) is 2.32. The Bertz CT molecular complexity index is 278. The lowest BCUT2D eigenvalue weighted by Gasteiger charge is -2.10. The van der Waals surface area contributed by atoms with Crippen LogP contribution in [0.2, 0.25) is 0 Å². The molecule has 1 aromatic carbocycles. The summed E-state index contributed by atoms with van der Waals surface area (Å²) in [5.41, 5.74) is 11.7. The van der Waals surface area contributed by atoms with Crippen LogP contribution in [0, 0.1) is 3.57 Å². The van der Waals surface area contributed by atoms with Gasteiger partial charge in [-0.2, -0.15) is 0 Å². The fourth-order valence-electron chi connectivity index (χ4n) is 0.957. The number of hydrogen-bond acceptors (Lipinski definition) is 3. The molecule has 0 aromatic heterocycles. The molecule has 1 atom stereocenters. The molecule has 4 heteroatoms. The number of phenols is 1. The molecule has 0 saturated heterocycles. The van der Waals surface area contributed by atoms with Gasteiger partial charge in [0.1, 0.15) is 5.75 Å². The van der Waals surface area contributed by atoms with Crippen LogP contribution in [0.5, 0.6) is 5.75 Å². The zero-order chi connectivity index (χ0) is 9.14. The highest BCUT2D eigenvalue weighted by atomic mass is 127. The number of nitrogens with two attached hydrogens (primary N) is 2. The summed E-state index contributed by atoms with van der Waals surface area (Å²) in [6.45, 7) is 0.341. The maximum absolute atomic E-state index is 9.45. The Hall–Kier alpha value is -0.330. The van der Waals surface area contributed by atoms with Gasteiger partial charge in [-0.1, -0.05) is 6.07 Å². The molecule has 0 saturated carbocycles. The summed E-state index contributed by atoms with van der Waals surface area (Å²) in [7, 11) is 0. The van der Waals surface area contributed by atoms with Crippen LogP contribution in [0.25, 0.3) is 0 Å². The highest BCUT2D eigenvalue weighted by Crippen LogP contribution is 2.23. The van der Waals surface area contributed by atoms with Crippen LogP contribution in [0.3, 0.4) is 0 Å². The molecule has 12 heavy (non-hydrogen) atoms. The molecule has 0 aliphatic carbocycles. The standard InChI is InChI=1S/C8H11IN2O/c9-5-1-2-6(7(11)4-10)8(12)3-5/h1-3,7,12H,4,10-11H2/t7-/m0/s1. The van der Waals surface area contributed by atoms with Crippen molar-refractivity contribution < 1.29 is 5.11 Å². The van der Waals surface area contributed by atoms with Gasteiger partial charge < -0.3 is 16.6 Å². The molecule has 0 spiro atoms. The van der Waals surface area contributed by atoms with Crippen molar-refractivity contribution >= 4 is 22.6 Å². The summed E-state index contributed by atoms with van der Waals surface area (Å²) < 4.78 is 0.984. The summed E-state index contributed by atoms with van der Waals surface area (Å²) in [6.07, 6.45) is 0. The van der Waals surface area contributed by atoms with E-state index in [1.807, 2.05) is 6.07 Å². The average molecular weight is 278 g/mol. The molecule has 0 bridgehead atoms. The lowest BCUT2D eigenvalue weighted by Crippen LogP contribution is -2.20. The van der Waals surface area contributed by atoms with E-state index >= 15 is 0 Å². The molecule has 1 rings (SSSR count). The monoisotopic (exact) mass is 278 g/mol. The first kappa shape index (κ1) is 9.76. The maximum Gasteiger partial charge on any atom is 0.121 e. The fraction of sp³-hybridized carbons (Fsp3) is 0.250. The van der Waals surface area contributed by atoms with Gasteiger partial charge >= 0.3 is 0 Å². The van der Waals surface area contributed by atoms with Crippen molar-refractivity contribution in [1.29, 1.82) is 0 Å². The Kier molecular flexibility index (Phi) is 3.30. The minimum absolute atomic E-state index is 0.222. The van der Waals surface area contributed by atoms with E-state index in [0.717, 1.165) is 3.57 Å². The van der Waals surface area contributed by atoms with Gasteiger partial charge in [-0.15, -0.1) is 0 Å². The largest absolute Gasteiger partial charge is 0.508 e. The number of halogens is 1. The minimum Gasteiger partial charge on any atom is -0.508 e. The van der Waals surface area contributed by atoms with Gasteiger partial charge in [0.2, 0.25) is 0 Å². The maximum atomic E-state index is 9.45. The van der Waals surface area contributed by atoms with Crippen LogP contribution >= 0.6 is 22.6 Å².